The molecule has 1 saturated heterocycles. The smallest absolute Gasteiger partial charge is 0.293 e. The second-order valence-electron chi connectivity index (χ2n) is 8.31. The molecule has 0 bridgehead atoms. The number of nitro benzene ring substituents is 1. The minimum absolute atomic E-state index is 0.0752. The number of benzene rings is 3. The molecular weight excluding hydrogens is 432 g/mol. The minimum atomic E-state index is -0.462. The first-order chi connectivity index (χ1) is 16.4. The van der Waals surface area contributed by atoms with Crippen LogP contribution in [0.25, 0.3) is 0 Å². The van der Waals surface area contributed by atoms with Gasteiger partial charge in [0.15, 0.2) is 0 Å². The Labute approximate surface area is 197 Å². The lowest BCUT2D eigenvalue weighted by atomic mass is 10.1. The van der Waals surface area contributed by atoms with E-state index >= 15 is 0 Å². The fraction of sp³-hybridized carbons (Fsp3) is 0.231. The number of nitrogens with zero attached hydrogens (tertiary/aromatic N) is 2. The van der Waals surface area contributed by atoms with E-state index in [1.54, 1.807) is 48.5 Å². The van der Waals surface area contributed by atoms with Gasteiger partial charge in [-0.2, -0.15) is 0 Å². The molecule has 1 heterocycles. The maximum atomic E-state index is 12.8. The summed E-state index contributed by atoms with van der Waals surface area (Å²) in [4.78, 5) is 38.7. The number of hydrogen-bond acceptors (Lipinski definition) is 5. The van der Waals surface area contributed by atoms with Crippen molar-refractivity contribution in [1.29, 1.82) is 0 Å². The van der Waals surface area contributed by atoms with Gasteiger partial charge in [-0.05, 0) is 68.1 Å². The lowest BCUT2D eigenvalue weighted by Crippen LogP contribution is -2.30. The SMILES string of the molecule is Cc1ccccc1C(=O)Nc1cccc(NC(=O)c2ccc(N3CCCCC3)c([N+](=O)[O-])c2)c1. The summed E-state index contributed by atoms with van der Waals surface area (Å²) in [6, 6.07) is 18.6. The predicted molar refractivity (Wildman–Crippen MR) is 133 cm³/mol. The molecule has 8 heteroatoms. The van der Waals surface area contributed by atoms with Gasteiger partial charge in [-0.15, -0.1) is 0 Å². The van der Waals surface area contributed by atoms with Crippen LogP contribution in [0, 0.1) is 17.0 Å². The van der Waals surface area contributed by atoms with Crippen molar-refractivity contribution in [2.45, 2.75) is 26.2 Å². The monoisotopic (exact) mass is 458 g/mol. The van der Waals surface area contributed by atoms with Crippen molar-refractivity contribution in [2.75, 3.05) is 28.6 Å². The molecule has 0 spiro atoms. The van der Waals surface area contributed by atoms with Crippen LogP contribution in [0.2, 0.25) is 0 Å². The summed E-state index contributed by atoms with van der Waals surface area (Å²) < 4.78 is 0. The number of hydrogen-bond donors (Lipinski definition) is 2. The number of anilines is 3. The molecule has 0 aliphatic carbocycles. The van der Waals surface area contributed by atoms with Gasteiger partial charge in [-0.25, -0.2) is 0 Å². The third-order valence-electron chi connectivity index (χ3n) is 5.90. The average molecular weight is 459 g/mol. The van der Waals surface area contributed by atoms with Crippen LogP contribution in [0.5, 0.6) is 0 Å². The van der Waals surface area contributed by atoms with E-state index in [1.165, 1.54) is 6.07 Å². The highest BCUT2D eigenvalue weighted by molar-refractivity contribution is 6.07. The average Bonchev–Trinajstić information content (AvgIpc) is 2.84. The summed E-state index contributed by atoms with van der Waals surface area (Å²) in [5.74, 6) is -0.707. The summed E-state index contributed by atoms with van der Waals surface area (Å²) in [7, 11) is 0. The van der Waals surface area contributed by atoms with Crippen molar-refractivity contribution in [1.82, 2.24) is 0 Å². The molecule has 34 heavy (non-hydrogen) atoms. The molecule has 0 radical (unpaired) electrons. The molecule has 1 aliphatic heterocycles. The Morgan fingerprint density at radius 3 is 2.21 bits per heavy atom. The zero-order chi connectivity index (χ0) is 24.1. The van der Waals surface area contributed by atoms with E-state index in [9.17, 15) is 19.7 Å². The minimum Gasteiger partial charge on any atom is -0.366 e. The summed E-state index contributed by atoms with van der Waals surface area (Å²) in [5.41, 5.74) is 3.09. The van der Waals surface area contributed by atoms with Crippen molar-refractivity contribution in [2.24, 2.45) is 0 Å². The van der Waals surface area contributed by atoms with Crippen molar-refractivity contribution >= 4 is 34.6 Å². The van der Waals surface area contributed by atoms with E-state index < -0.39 is 10.8 Å². The normalized spacial score (nSPS) is 13.3. The van der Waals surface area contributed by atoms with Crippen LogP contribution in [0.15, 0.2) is 66.7 Å². The quantitative estimate of drug-likeness (QED) is 0.380. The van der Waals surface area contributed by atoms with Crippen LogP contribution in [0.4, 0.5) is 22.7 Å². The number of aryl methyl sites for hydroxylation is 1. The molecule has 1 aliphatic rings. The Bertz CT molecular complexity index is 1230. The summed E-state index contributed by atoms with van der Waals surface area (Å²) in [5, 5.41) is 17.3. The van der Waals surface area contributed by atoms with Crippen LogP contribution < -0.4 is 15.5 Å². The van der Waals surface area contributed by atoms with Gasteiger partial charge in [0.05, 0.1) is 4.92 Å². The van der Waals surface area contributed by atoms with Gasteiger partial charge in [0, 0.05) is 41.7 Å². The Balaban J connectivity index is 1.49. The molecule has 0 atom stereocenters. The van der Waals surface area contributed by atoms with Gasteiger partial charge >= 0.3 is 0 Å². The molecule has 1 fully saturated rings. The summed E-state index contributed by atoms with van der Waals surface area (Å²) in [6.07, 6.45) is 3.11. The highest BCUT2D eigenvalue weighted by atomic mass is 16.6. The number of nitro groups is 1. The van der Waals surface area contributed by atoms with Crippen LogP contribution in [-0.4, -0.2) is 29.8 Å². The highest BCUT2D eigenvalue weighted by Gasteiger charge is 2.23. The number of rotatable bonds is 6. The van der Waals surface area contributed by atoms with E-state index in [1.807, 2.05) is 24.0 Å². The molecule has 0 saturated carbocycles. The lowest BCUT2D eigenvalue weighted by Gasteiger charge is -2.28. The molecule has 8 nitrogen and oxygen atoms in total. The van der Waals surface area contributed by atoms with E-state index in [4.69, 9.17) is 0 Å². The first kappa shape index (κ1) is 23.0. The summed E-state index contributed by atoms with van der Waals surface area (Å²) in [6.45, 7) is 3.40. The van der Waals surface area contributed by atoms with Gasteiger partial charge in [0.25, 0.3) is 17.5 Å². The molecule has 0 aromatic heterocycles. The van der Waals surface area contributed by atoms with Gasteiger partial charge in [0.2, 0.25) is 0 Å². The summed E-state index contributed by atoms with van der Waals surface area (Å²) >= 11 is 0. The molecule has 3 aromatic carbocycles. The Hall–Kier alpha value is -4.20. The first-order valence-corrected chi connectivity index (χ1v) is 11.2. The van der Waals surface area contributed by atoms with Crippen molar-refractivity contribution in [3.8, 4) is 0 Å². The van der Waals surface area contributed by atoms with Gasteiger partial charge < -0.3 is 15.5 Å². The van der Waals surface area contributed by atoms with Crippen molar-refractivity contribution < 1.29 is 14.5 Å². The Morgan fingerprint density at radius 2 is 1.53 bits per heavy atom. The molecular formula is C26H26N4O4. The number of piperidine rings is 1. The van der Waals surface area contributed by atoms with Crippen LogP contribution in [-0.2, 0) is 0 Å². The Kier molecular flexibility index (Phi) is 6.87. The van der Waals surface area contributed by atoms with E-state index in [2.05, 4.69) is 10.6 Å². The fourth-order valence-electron chi connectivity index (χ4n) is 4.12. The lowest BCUT2D eigenvalue weighted by molar-refractivity contribution is -0.384. The van der Waals surface area contributed by atoms with Crippen molar-refractivity contribution in [3.05, 3.63) is 93.5 Å². The predicted octanol–water partition coefficient (Wildman–Crippen LogP) is 5.40. The van der Waals surface area contributed by atoms with Gasteiger partial charge in [-0.1, -0.05) is 24.3 Å². The van der Waals surface area contributed by atoms with Gasteiger partial charge in [-0.3, -0.25) is 19.7 Å². The second-order valence-corrected chi connectivity index (χ2v) is 8.31. The number of amides is 2. The molecule has 2 amide bonds. The molecule has 174 valence electrons. The molecule has 3 aromatic rings. The fourth-order valence-corrected chi connectivity index (χ4v) is 4.12. The number of carbonyl (C=O) groups is 2. The first-order valence-electron chi connectivity index (χ1n) is 11.2. The number of nitrogens with one attached hydrogen (secondary N) is 2. The van der Waals surface area contributed by atoms with Crippen LogP contribution in [0.1, 0.15) is 45.5 Å². The maximum Gasteiger partial charge on any atom is 0.293 e. The van der Waals surface area contributed by atoms with E-state index in [0.717, 1.165) is 37.9 Å². The topological polar surface area (TPSA) is 105 Å². The third-order valence-corrected chi connectivity index (χ3v) is 5.90. The standard InChI is InChI=1S/C26H26N4O4/c1-18-8-3-4-11-22(18)26(32)28-21-10-7-9-20(17-21)27-25(31)19-12-13-23(24(16-19)30(33)34)29-14-5-2-6-15-29/h3-4,7-13,16-17H,2,5-6,14-15H2,1H3,(H,27,31)(H,28,32). The second kappa shape index (κ2) is 10.2. The van der Waals surface area contributed by atoms with E-state index in [-0.39, 0.29) is 17.2 Å². The zero-order valence-electron chi connectivity index (χ0n) is 18.9. The highest BCUT2D eigenvalue weighted by Crippen LogP contribution is 2.31. The maximum absolute atomic E-state index is 12.8. The third kappa shape index (κ3) is 5.23. The van der Waals surface area contributed by atoms with Crippen LogP contribution in [0.3, 0.4) is 0 Å². The Morgan fingerprint density at radius 1 is 0.853 bits per heavy atom. The van der Waals surface area contributed by atoms with Crippen LogP contribution >= 0.6 is 0 Å². The van der Waals surface area contributed by atoms with Crippen molar-refractivity contribution in [3.63, 3.8) is 0 Å². The zero-order valence-corrected chi connectivity index (χ0v) is 18.9. The molecule has 4 rings (SSSR count). The molecule has 2 N–H and O–H groups in total. The molecule has 0 unspecified atom stereocenters. The number of carbonyl (C=O) groups excluding carboxylic acids is 2. The van der Waals surface area contributed by atoms with Gasteiger partial charge in [0.1, 0.15) is 5.69 Å². The largest absolute Gasteiger partial charge is 0.366 e. The van der Waals surface area contributed by atoms with E-state index in [0.29, 0.717) is 22.6 Å².